The van der Waals surface area contributed by atoms with Crippen molar-refractivity contribution in [1.82, 2.24) is 10.2 Å². The summed E-state index contributed by atoms with van der Waals surface area (Å²) < 4.78 is 0. The maximum atomic E-state index is 8.90. The van der Waals surface area contributed by atoms with Crippen molar-refractivity contribution >= 4 is 11.5 Å². The molecule has 0 bridgehead atoms. The van der Waals surface area contributed by atoms with Crippen molar-refractivity contribution in [3.63, 3.8) is 0 Å². The molecule has 1 fully saturated rings. The third-order valence-corrected chi connectivity index (χ3v) is 3.13. The third kappa shape index (κ3) is 1.75. The zero-order chi connectivity index (χ0) is 10.8. The summed E-state index contributed by atoms with van der Waals surface area (Å²) >= 11 is 0. The lowest BCUT2D eigenvalue weighted by molar-refractivity contribution is 0.374. The van der Waals surface area contributed by atoms with Crippen LogP contribution in [0.3, 0.4) is 0 Å². The minimum atomic E-state index is 0.146. The molecule has 1 aliphatic rings. The van der Waals surface area contributed by atoms with Crippen molar-refractivity contribution in [3.05, 3.63) is 5.69 Å². The molecule has 5 heteroatoms. The van der Waals surface area contributed by atoms with Gasteiger partial charge in [0.1, 0.15) is 0 Å². The summed E-state index contributed by atoms with van der Waals surface area (Å²) in [6.45, 7) is 0. The highest BCUT2D eigenvalue weighted by Gasteiger charge is 2.26. The molecule has 1 aromatic rings. The summed E-state index contributed by atoms with van der Waals surface area (Å²) in [6.07, 6.45) is 3.99. The highest BCUT2D eigenvalue weighted by molar-refractivity contribution is 5.62. The van der Waals surface area contributed by atoms with Gasteiger partial charge in [-0.05, 0) is 19.3 Å². The number of nitrogens with two attached hydrogens (primary N) is 2. The number of aromatic amines is 1. The first-order chi connectivity index (χ1) is 7.22. The van der Waals surface area contributed by atoms with E-state index in [2.05, 4.69) is 16.3 Å². The van der Waals surface area contributed by atoms with Crippen LogP contribution < -0.4 is 11.5 Å². The van der Waals surface area contributed by atoms with E-state index >= 15 is 0 Å². The molecule has 2 rings (SSSR count). The average molecular weight is 205 g/mol. The molecule has 80 valence electrons. The van der Waals surface area contributed by atoms with Gasteiger partial charge in [0.2, 0.25) is 0 Å². The van der Waals surface area contributed by atoms with Crippen LogP contribution in [0.15, 0.2) is 0 Å². The third-order valence-electron chi connectivity index (χ3n) is 3.13. The summed E-state index contributed by atoms with van der Waals surface area (Å²) in [4.78, 5) is 0. The van der Waals surface area contributed by atoms with Gasteiger partial charge in [0.15, 0.2) is 5.82 Å². The molecule has 1 aliphatic carbocycles. The molecule has 5 N–H and O–H groups in total. The molecular formula is C10H15N5. The summed E-state index contributed by atoms with van der Waals surface area (Å²) in [5.74, 6) is 0.824. The number of nitrogen functional groups attached to an aromatic ring is 2. The first kappa shape index (κ1) is 9.84. The van der Waals surface area contributed by atoms with Crippen LogP contribution >= 0.6 is 0 Å². The van der Waals surface area contributed by atoms with Gasteiger partial charge in [-0.3, -0.25) is 5.10 Å². The summed E-state index contributed by atoms with van der Waals surface area (Å²) in [7, 11) is 0. The number of hydrogen-bond donors (Lipinski definition) is 3. The topological polar surface area (TPSA) is 105 Å². The van der Waals surface area contributed by atoms with Gasteiger partial charge in [-0.15, -0.1) is 0 Å². The van der Waals surface area contributed by atoms with Gasteiger partial charge in [-0.25, -0.2) is 0 Å². The number of rotatable bonds is 1. The molecule has 1 aromatic heterocycles. The number of nitriles is 1. The molecule has 0 spiro atoms. The van der Waals surface area contributed by atoms with Gasteiger partial charge in [0, 0.05) is 11.8 Å². The van der Waals surface area contributed by atoms with Crippen molar-refractivity contribution in [2.75, 3.05) is 11.5 Å². The van der Waals surface area contributed by atoms with E-state index in [0.717, 1.165) is 31.4 Å². The minimum absolute atomic E-state index is 0.146. The van der Waals surface area contributed by atoms with Crippen molar-refractivity contribution in [2.45, 2.75) is 31.6 Å². The van der Waals surface area contributed by atoms with Crippen molar-refractivity contribution in [2.24, 2.45) is 5.92 Å². The fourth-order valence-corrected chi connectivity index (χ4v) is 2.26. The highest BCUT2D eigenvalue weighted by atomic mass is 15.2. The van der Waals surface area contributed by atoms with E-state index in [4.69, 9.17) is 16.7 Å². The first-order valence-electron chi connectivity index (χ1n) is 5.21. The molecule has 1 saturated carbocycles. The van der Waals surface area contributed by atoms with Crippen LogP contribution in [0, 0.1) is 17.2 Å². The zero-order valence-corrected chi connectivity index (χ0v) is 8.53. The van der Waals surface area contributed by atoms with E-state index in [1.165, 1.54) is 0 Å². The second kappa shape index (κ2) is 3.81. The Hall–Kier alpha value is -1.70. The molecule has 0 saturated heterocycles. The van der Waals surface area contributed by atoms with Gasteiger partial charge < -0.3 is 11.5 Å². The second-order valence-electron chi connectivity index (χ2n) is 4.13. The average Bonchev–Trinajstić information content (AvgIpc) is 2.60. The smallest absolute Gasteiger partial charge is 0.168 e. The fraction of sp³-hybridized carbons (Fsp3) is 0.600. The van der Waals surface area contributed by atoms with Crippen LogP contribution in [0.2, 0.25) is 0 Å². The quantitative estimate of drug-likeness (QED) is 0.643. The standard InChI is InChI=1S/C10H15N5/c11-5-6-2-1-3-7(4-6)9-8(12)10(13)15-14-9/h6-7H,1-4,12H2,(H3,13,14,15). The Morgan fingerprint density at radius 1 is 1.40 bits per heavy atom. The number of nitrogens with one attached hydrogen (secondary N) is 1. The van der Waals surface area contributed by atoms with Crippen LogP contribution in [-0.4, -0.2) is 10.2 Å². The predicted octanol–water partition coefficient (Wildman–Crippen LogP) is 1.37. The van der Waals surface area contributed by atoms with Gasteiger partial charge in [-0.1, -0.05) is 6.42 Å². The number of anilines is 2. The molecule has 0 aliphatic heterocycles. The molecule has 0 amide bonds. The number of hydrogen-bond acceptors (Lipinski definition) is 4. The Bertz CT molecular complexity index is 389. The van der Waals surface area contributed by atoms with Gasteiger partial charge >= 0.3 is 0 Å². The van der Waals surface area contributed by atoms with E-state index in [1.807, 2.05) is 0 Å². The maximum absolute atomic E-state index is 8.90. The van der Waals surface area contributed by atoms with E-state index in [1.54, 1.807) is 0 Å². The summed E-state index contributed by atoms with van der Waals surface area (Å²) in [5.41, 5.74) is 12.9. The van der Waals surface area contributed by atoms with E-state index in [-0.39, 0.29) is 5.92 Å². The lowest BCUT2D eigenvalue weighted by atomic mass is 9.80. The van der Waals surface area contributed by atoms with E-state index in [9.17, 15) is 0 Å². The second-order valence-corrected chi connectivity index (χ2v) is 4.13. The normalized spacial score (nSPS) is 26.1. The Labute approximate surface area is 88.4 Å². The molecule has 2 unspecified atom stereocenters. The molecule has 0 aromatic carbocycles. The highest BCUT2D eigenvalue weighted by Crippen LogP contribution is 2.38. The van der Waals surface area contributed by atoms with E-state index < -0.39 is 0 Å². The zero-order valence-electron chi connectivity index (χ0n) is 8.53. The Balaban J connectivity index is 2.17. The summed E-state index contributed by atoms with van der Waals surface area (Å²) in [6, 6.07) is 2.32. The minimum Gasteiger partial charge on any atom is -0.394 e. The van der Waals surface area contributed by atoms with Gasteiger partial charge in [0.25, 0.3) is 0 Å². The molecule has 2 atom stereocenters. The van der Waals surface area contributed by atoms with Crippen LogP contribution in [0.1, 0.15) is 37.3 Å². The van der Waals surface area contributed by atoms with Gasteiger partial charge in [0.05, 0.1) is 17.5 Å². The lowest BCUT2D eigenvalue weighted by Gasteiger charge is -2.24. The Morgan fingerprint density at radius 3 is 2.80 bits per heavy atom. The Kier molecular flexibility index (Phi) is 2.50. The monoisotopic (exact) mass is 205 g/mol. The largest absolute Gasteiger partial charge is 0.394 e. The molecule has 15 heavy (non-hydrogen) atoms. The molecule has 0 radical (unpaired) electrons. The van der Waals surface area contributed by atoms with Crippen LogP contribution in [0.5, 0.6) is 0 Å². The number of nitrogens with zero attached hydrogens (tertiary/aromatic N) is 2. The van der Waals surface area contributed by atoms with Crippen LogP contribution in [-0.2, 0) is 0 Å². The molecule has 5 nitrogen and oxygen atoms in total. The maximum Gasteiger partial charge on any atom is 0.168 e. The van der Waals surface area contributed by atoms with Crippen molar-refractivity contribution in [3.8, 4) is 6.07 Å². The van der Waals surface area contributed by atoms with Crippen LogP contribution in [0.4, 0.5) is 11.5 Å². The van der Waals surface area contributed by atoms with Crippen LogP contribution in [0.25, 0.3) is 0 Å². The SMILES string of the molecule is N#CC1CCCC(c2[nH]nc(N)c2N)C1. The fourth-order valence-electron chi connectivity index (χ4n) is 2.26. The van der Waals surface area contributed by atoms with Crippen molar-refractivity contribution in [1.29, 1.82) is 5.26 Å². The number of aromatic nitrogens is 2. The molecular weight excluding hydrogens is 190 g/mol. The van der Waals surface area contributed by atoms with E-state index in [0.29, 0.717) is 17.4 Å². The summed E-state index contributed by atoms with van der Waals surface area (Å²) in [5, 5.41) is 15.7. The van der Waals surface area contributed by atoms with Gasteiger partial charge in [-0.2, -0.15) is 10.4 Å². The molecule has 1 heterocycles. The number of H-pyrrole nitrogens is 1. The predicted molar refractivity (Wildman–Crippen MR) is 57.7 cm³/mol. The lowest BCUT2D eigenvalue weighted by Crippen LogP contribution is -2.14. The van der Waals surface area contributed by atoms with Crippen molar-refractivity contribution < 1.29 is 0 Å². The first-order valence-corrected chi connectivity index (χ1v) is 5.21. The Morgan fingerprint density at radius 2 is 2.20 bits per heavy atom.